The van der Waals surface area contributed by atoms with E-state index in [1.54, 1.807) is 0 Å². The molecule has 7 aromatic carbocycles. The van der Waals surface area contributed by atoms with Gasteiger partial charge >= 0.3 is 0 Å². The summed E-state index contributed by atoms with van der Waals surface area (Å²) in [4.78, 5) is 10.4. The number of rotatable bonds is 7. The fourth-order valence-corrected chi connectivity index (χ4v) is 9.17. The van der Waals surface area contributed by atoms with Gasteiger partial charge < -0.3 is 5.11 Å². The van der Waals surface area contributed by atoms with Crippen LogP contribution in [0.5, 0.6) is 5.75 Å². The van der Waals surface area contributed by atoms with Gasteiger partial charge in [-0.3, -0.25) is 9.55 Å². The van der Waals surface area contributed by atoms with Crippen molar-refractivity contribution in [2.45, 2.75) is 92.3 Å². The van der Waals surface area contributed by atoms with Crippen LogP contribution in [0.4, 0.5) is 0 Å². The zero-order chi connectivity index (χ0) is 49.2. The number of aromatic hydroxyl groups is 1. The third-order valence-electron chi connectivity index (χ3n) is 12.6. The minimum absolute atomic E-state index is 0. The topological polar surface area (TPSA) is 50.9 Å². The monoisotopic (exact) mass is 1060 g/mol. The van der Waals surface area contributed by atoms with Crippen molar-refractivity contribution in [1.82, 2.24) is 14.5 Å². The van der Waals surface area contributed by atoms with Gasteiger partial charge in [-0.05, 0) is 110 Å². The summed E-state index contributed by atoms with van der Waals surface area (Å²) in [6.45, 7) is 18.9. The Morgan fingerprint density at radius 1 is 0.567 bits per heavy atom. The molecule has 0 amide bonds. The van der Waals surface area contributed by atoms with Crippen LogP contribution in [-0.4, -0.2) is 19.6 Å². The summed E-state index contributed by atoms with van der Waals surface area (Å²) in [5.41, 5.74) is 14.9. The van der Waals surface area contributed by atoms with E-state index < -0.39 is 12.3 Å². The Labute approximate surface area is 416 Å². The largest absolute Gasteiger partial charge is 0.507 e. The van der Waals surface area contributed by atoms with Crippen molar-refractivity contribution in [2.75, 3.05) is 0 Å². The van der Waals surface area contributed by atoms with Gasteiger partial charge in [-0.15, -0.1) is 29.3 Å². The first-order chi connectivity index (χ1) is 32.6. The molecule has 0 atom stereocenters. The number of aryl methyl sites for hydroxylation is 2. The van der Waals surface area contributed by atoms with Gasteiger partial charge in [0.2, 0.25) is 0 Å². The quantitative estimate of drug-likeness (QED) is 0.162. The van der Waals surface area contributed by atoms with Gasteiger partial charge in [0.25, 0.3) is 0 Å². The van der Waals surface area contributed by atoms with Crippen LogP contribution in [0.3, 0.4) is 0 Å². The average Bonchev–Trinajstić information content (AvgIpc) is 3.70. The summed E-state index contributed by atoms with van der Waals surface area (Å²) in [6, 6.07) is 55.0. The third-order valence-corrected chi connectivity index (χ3v) is 12.6. The van der Waals surface area contributed by atoms with Crippen molar-refractivity contribution in [3.05, 3.63) is 192 Å². The molecule has 1 N–H and O–H groups in total. The van der Waals surface area contributed by atoms with Crippen LogP contribution in [0.2, 0.25) is 0 Å². The Morgan fingerprint density at radius 2 is 1.22 bits per heavy atom. The molecule has 0 spiro atoms. The van der Waals surface area contributed by atoms with Crippen LogP contribution in [0.15, 0.2) is 158 Å². The number of hydrogen-bond donors (Lipinski definition) is 1. The molecule has 2 aromatic heterocycles. The minimum Gasteiger partial charge on any atom is -0.507 e. The molecule has 9 aromatic rings. The maximum absolute atomic E-state index is 12.4. The van der Waals surface area contributed by atoms with Gasteiger partial charge in [0, 0.05) is 42.6 Å². The zero-order valence-corrected chi connectivity index (χ0v) is 42.4. The summed E-state index contributed by atoms with van der Waals surface area (Å²) in [7, 11) is 0. The fraction of sp³-hybridized carbons (Fsp3) is 0.226. The minimum atomic E-state index is -2.55. The number of imidazole rings is 1. The molecule has 4 nitrogen and oxygen atoms in total. The number of phenolic OH excluding ortho intramolecular Hbond substituents is 1. The molecule has 0 saturated heterocycles. The SMILES string of the molecule is [2H]C([2H])([2H])c1cc(-c2c(-c3ccccc3)cccc2C(C)(C)C)ccc1-n1c(-c2cc(C)cc(C(C)(C)C)c2O)nc2c(-c3[c-]c(-c4cc(-c5ccccc5)ccn4)cc(C(C)(C)C)c3)cccc21.[Pt]. The third kappa shape index (κ3) is 9.22. The number of hydrogen-bond acceptors (Lipinski definition) is 3. The maximum atomic E-state index is 12.4. The Bertz CT molecular complexity index is 3390. The Hall–Kier alpha value is -6.35. The molecule has 67 heavy (non-hydrogen) atoms. The van der Waals surface area contributed by atoms with Gasteiger partial charge in [0.05, 0.1) is 22.3 Å². The Balaban J connectivity index is 0.00000659. The van der Waals surface area contributed by atoms with Crippen LogP contribution in [0.1, 0.15) is 94.2 Å². The normalized spacial score (nSPS) is 12.9. The molecule has 9 rings (SSSR count). The summed E-state index contributed by atoms with van der Waals surface area (Å²) in [5.74, 6) is 0.546. The van der Waals surface area contributed by atoms with Crippen molar-refractivity contribution in [3.63, 3.8) is 0 Å². The second-order valence-electron chi connectivity index (χ2n) is 20.7. The summed E-state index contributed by atoms with van der Waals surface area (Å²) in [6.07, 6.45) is 1.85. The molecular weight excluding hydrogens is 998 g/mol. The van der Waals surface area contributed by atoms with Gasteiger partial charge in [0.15, 0.2) is 0 Å². The molecule has 5 heteroatoms. The number of phenols is 1. The van der Waals surface area contributed by atoms with E-state index in [1.165, 1.54) is 0 Å². The van der Waals surface area contributed by atoms with Crippen LogP contribution in [-0.2, 0) is 37.3 Å². The van der Waals surface area contributed by atoms with E-state index in [2.05, 4.69) is 135 Å². The number of fused-ring (bicyclic) bond motifs is 1. The van der Waals surface area contributed by atoms with Crippen molar-refractivity contribution >= 4 is 11.0 Å². The van der Waals surface area contributed by atoms with Crippen LogP contribution in [0.25, 0.3) is 83.9 Å². The van der Waals surface area contributed by atoms with E-state index in [1.807, 2.05) is 103 Å². The number of pyridine rings is 1. The smallest absolute Gasteiger partial charge is 0.148 e. The molecule has 2 heterocycles. The van der Waals surface area contributed by atoms with E-state index in [4.69, 9.17) is 9.97 Å². The van der Waals surface area contributed by atoms with Gasteiger partial charge in [-0.25, -0.2) is 4.98 Å². The zero-order valence-electron chi connectivity index (χ0n) is 43.1. The standard InChI is InChI=1S/C62H60N3O.Pt/c1-39-32-50(58(66)52(33-39)62(9,10)11)59-64-57-49(45-35-46(37-47(36-45)60(3,4)5)53-38-43(30-31-63-53)41-20-14-12-15-21-41)25-19-27-55(57)65(59)54-29-28-44(34-40(54)2)56-48(42-22-16-13-17-23-42)24-18-26-51(56)61(6,7)8;/h12-34,36-38,66H,1-11H3;/q-1;/i2D3;. The first-order valence-electron chi connectivity index (χ1n) is 24.4. The molecule has 0 aliphatic heterocycles. The summed E-state index contributed by atoms with van der Waals surface area (Å²) < 4.78 is 29.6. The molecule has 0 bridgehead atoms. The fourth-order valence-electron chi connectivity index (χ4n) is 9.17. The first-order valence-corrected chi connectivity index (χ1v) is 22.9. The van der Waals surface area contributed by atoms with E-state index in [9.17, 15) is 9.22 Å². The van der Waals surface area contributed by atoms with Crippen LogP contribution < -0.4 is 0 Å². The van der Waals surface area contributed by atoms with E-state index in [0.717, 1.165) is 78.0 Å². The molecule has 0 saturated carbocycles. The summed E-state index contributed by atoms with van der Waals surface area (Å²) >= 11 is 0. The maximum Gasteiger partial charge on any atom is 0.148 e. The molecule has 340 valence electrons. The molecule has 0 fully saturated rings. The van der Waals surface area contributed by atoms with Gasteiger partial charge in [-0.1, -0.05) is 183 Å². The second kappa shape index (κ2) is 18.0. The first kappa shape index (κ1) is 43.2. The van der Waals surface area contributed by atoms with Crippen molar-refractivity contribution in [3.8, 4) is 78.6 Å². The van der Waals surface area contributed by atoms with Crippen LogP contribution in [0, 0.1) is 19.8 Å². The number of benzene rings is 7. The van der Waals surface area contributed by atoms with E-state index in [-0.39, 0.29) is 43.2 Å². The predicted molar refractivity (Wildman–Crippen MR) is 278 cm³/mol. The van der Waals surface area contributed by atoms with Crippen LogP contribution >= 0.6 is 0 Å². The van der Waals surface area contributed by atoms with Gasteiger partial charge in [0.1, 0.15) is 11.6 Å². The van der Waals surface area contributed by atoms with Gasteiger partial charge in [-0.2, -0.15) is 0 Å². The van der Waals surface area contributed by atoms with Crippen molar-refractivity contribution in [2.24, 2.45) is 0 Å². The molecule has 0 radical (unpaired) electrons. The molecule has 0 aliphatic rings. The molecular formula is C62H60N3OPt-. The predicted octanol–water partition coefficient (Wildman–Crippen LogP) is 16.4. The van der Waals surface area contributed by atoms with Crippen molar-refractivity contribution < 1.29 is 30.3 Å². The van der Waals surface area contributed by atoms with Crippen molar-refractivity contribution in [1.29, 1.82) is 0 Å². The Kier molecular flexibility index (Phi) is 11.6. The average molecular weight is 1060 g/mol. The number of aromatic nitrogens is 3. The van der Waals surface area contributed by atoms with E-state index >= 15 is 0 Å². The summed E-state index contributed by atoms with van der Waals surface area (Å²) in [5, 5.41) is 12.4. The second-order valence-corrected chi connectivity index (χ2v) is 20.7. The Morgan fingerprint density at radius 3 is 1.90 bits per heavy atom. The molecule has 0 aliphatic carbocycles. The number of para-hydroxylation sites is 1. The molecule has 0 unspecified atom stereocenters. The number of nitrogens with zero attached hydrogens (tertiary/aromatic N) is 3. The van der Waals surface area contributed by atoms with E-state index in [0.29, 0.717) is 28.1 Å².